The molecule has 1 saturated heterocycles. The van der Waals surface area contributed by atoms with Crippen molar-refractivity contribution in [3.05, 3.63) is 0 Å². The Labute approximate surface area is 112 Å². The van der Waals surface area contributed by atoms with Gasteiger partial charge in [-0.2, -0.15) is 0 Å². The van der Waals surface area contributed by atoms with E-state index in [0.717, 1.165) is 26.3 Å². The van der Waals surface area contributed by atoms with E-state index < -0.39 is 0 Å². The number of hydrogen-bond acceptors (Lipinski definition) is 3. The molecule has 1 aliphatic heterocycles. The fraction of sp³-hybridized carbons (Fsp3) is 1.00. The van der Waals surface area contributed by atoms with E-state index in [1.54, 1.807) is 0 Å². The topological polar surface area (TPSA) is 38.5 Å². The van der Waals surface area contributed by atoms with Gasteiger partial charge in [0.15, 0.2) is 0 Å². The van der Waals surface area contributed by atoms with Crippen molar-refractivity contribution in [2.24, 2.45) is 11.1 Å². The van der Waals surface area contributed by atoms with Gasteiger partial charge in [-0.1, -0.05) is 27.2 Å². The predicted molar refractivity (Wildman–Crippen MR) is 75.6 cm³/mol. The lowest BCUT2D eigenvalue weighted by Gasteiger charge is -2.54. The minimum Gasteiger partial charge on any atom is -0.378 e. The van der Waals surface area contributed by atoms with E-state index in [9.17, 15) is 0 Å². The molecule has 18 heavy (non-hydrogen) atoms. The quantitative estimate of drug-likeness (QED) is 0.840. The standard InChI is InChI=1S/C15H30N2O/c1-4-13-10-18-9-8-17(13)15(12-16)7-5-6-14(2,3)11-15/h13H,4-12,16H2,1-3H3. The summed E-state index contributed by atoms with van der Waals surface area (Å²) in [5.74, 6) is 0. The molecule has 1 heterocycles. The SMILES string of the molecule is CCC1COCCN1C1(CN)CCCC(C)(C)C1. The van der Waals surface area contributed by atoms with Crippen molar-refractivity contribution in [2.75, 3.05) is 26.3 Å². The molecule has 3 heteroatoms. The Balaban J connectivity index is 2.19. The van der Waals surface area contributed by atoms with Gasteiger partial charge in [0, 0.05) is 24.7 Å². The Morgan fingerprint density at radius 2 is 2.11 bits per heavy atom. The molecule has 2 aliphatic rings. The fourth-order valence-electron chi connectivity index (χ4n) is 4.12. The van der Waals surface area contributed by atoms with Crippen LogP contribution in [0.3, 0.4) is 0 Å². The van der Waals surface area contributed by atoms with Gasteiger partial charge in [0.05, 0.1) is 13.2 Å². The van der Waals surface area contributed by atoms with Gasteiger partial charge in [0.2, 0.25) is 0 Å². The zero-order valence-electron chi connectivity index (χ0n) is 12.4. The third-order valence-electron chi connectivity index (χ3n) is 4.99. The zero-order valence-corrected chi connectivity index (χ0v) is 12.4. The fourth-order valence-corrected chi connectivity index (χ4v) is 4.12. The summed E-state index contributed by atoms with van der Waals surface area (Å²) in [6.07, 6.45) is 6.34. The molecule has 2 N–H and O–H groups in total. The van der Waals surface area contributed by atoms with Crippen LogP contribution in [0.4, 0.5) is 0 Å². The molecule has 2 fully saturated rings. The summed E-state index contributed by atoms with van der Waals surface area (Å²) in [6.45, 7) is 10.7. The predicted octanol–water partition coefficient (Wildman–Crippen LogP) is 2.39. The minimum atomic E-state index is 0.228. The van der Waals surface area contributed by atoms with E-state index in [0.29, 0.717) is 11.5 Å². The third-order valence-corrected chi connectivity index (χ3v) is 4.99. The van der Waals surface area contributed by atoms with Gasteiger partial charge in [0.1, 0.15) is 0 Å². The monoisotopic (exact) mass is 254 g/mol. The van der Waals surface area contributed by atoms with E-state index in [2.05, 4.69) is 25.7 Å². The van der Waals surface area contributed by atoms with Crippen molar-refractivity contribution in [3.8, 4) is 0 Å². The normalized spacial score (nSPS) is 37.7. The second-order valence-corrected chi connectivity index (χ2v) is 6.95. The van der Waals surface area contributed by atoms with Crippen LogP contribution in [-0.4, -0.2) is 42.8 Å². The highest BCUT2D eigenvalue weighted by Crippen LogP contribution is 2.44. The van der Waals surface area contributed by atoms with Crippen molar-refractivity contribution >= 4 is 0 Å². The highest BCUT2D eigenvalue weighted by molar-refractivity contribution is 5.01. The molecule has 2 unspecified atom stereocenters. The van der Waals surface area contributed by atoms with Gasteiger partial charge < -0.3 is 10.5 Å². The van der Waals surface area contributed by atoms with Gasteiger partial charge in [-0.05, 0) is 31.1 Å². The molecule has 3 nitrogen and oxygen atoms in total. The van der Waals surface area contributed by atoms with E-state index in [-0.39, 0.29) is 5.54 Å². The number of nitrogens with zero attached hydrogens (tertiary/aromatic N) is 1. The van der Waals surface area contributed by atoms with E-state index in [1.165, 1.54) is 32.1 Å². The molecular formula is C15H30N2O. The van der Waals surface area contributed by atoms with Crippen LogP contribution in [0.15, 0.2) is 0 Å². The van der Waals surface area contributed by atoms with Gasteiger partial charge >= 0.3 is 0 Å². The summed E-state index contributed by atoms with van der Waals surface area (Å²) >= 11 is 0. The zero-order chi connectivity index (χ0) is 13.2. The maximum absolute atomic E-state index is 6.22. The van der Waals surface area contributed by atoms with Gasteiger partial charge in [-0.25, -0.2) is 0 Å². The molecule has 0 bridgehead atoms. The summed E-state index contributed by atoms with van der Waals surface area (Å²) in [7, 11) is 0. The molecule has 0 aromatic heterocycles. The van der Waals surface area contributed by atoms with Gasteiger partial charge in [-0.15, -0.1) is 0 Å². The maximum Gasteiger partial charge on any atom is 0.0622 e. The van der Waals surface area contributed by atoms with Crippen LogP contribution in [0, 0.1) is 5.41 Å². The first-order valence-corrected chi connectivity index (χ1v) is 7.58. The van der Waals surface area contributed by atoms with Gasteiger partial charge in [-0.3, -0.25) is 4.90 Å². The number of ether oxygens (including phenoxy) is 1. The highest BCUT2D eigenvalue weighted by Gasteiger charge is 2.45. The molecule has 1 aliphatic carbocycles. The third kappa shape index (κ3) is 2.73. The summed E-state index contributed by atoms with van der Waals surface area (Å²) < 4.78 is 5.65. The Morgan fingerprint density at radius 1 is 1.33 bits per heavy atom. The van der Waals surface area contributed by atoms with Crippen LogP contribution >= 0.6 is 0 Å². The largest absolute Gasteiger partial charge is 0.378 e. The second-order valence-electron chi connectivity index (χ2n) is 6.95. The van der Waals surface area contributed by atoms with Crippen LogP contribution in [0.1, 0.15) is 52.9 Å². The second kappa shape index (κ2) is 5.48. The maximum atomic E-state index is 6.22. The van der Waals surface area contributed by atoms with Crippen molar-refractivity contribution in [3.63, 3.8) is 0 Å². The molecule has 2 atom stereocenters. The summed E-state index contributed by atoms with van der Waals surface area (Å²) in [4.78, 5) is 2.69. The smallest absolute Gasteiger partial charge is 0.0622 e. The van der Waals surface area contributed by atoms with Crippen molar-refractivity contribution in [1.82, 2.24) is 4.90 Å². The molecule has 106 valence electrons. The highest BCUT2D eigenvalue weighted by atomic mass is 16.5. The Hall–Kier alpha value is -0.120. The van der Waals surface area contributed by atoms with E-state index in [4.69, 9.17) is 10.5 Å². The minimum absolute atomic E-state index is 0.228. The lowest BCUT2D eigenvalue weighted by molar-refractivity contribution is -0.0903. The molecule has 0 aromatic carbocycles. The summed E-state index contributed by atoms with van der Waals surface area (Å²) in [6, 6.07) is 0.566. The summed E-state index contributed by atoms with van der Waals surface area (Å²) in [5.41, 5.74) is 6.89. The number of rotatable bonds is 3. The molecule has 0 radical (unpaired) electrons. The molecule has 1 saturated carbocycles. The van der Waals surface area contributed by atoms with E-state index in [1.807, 2.05) is 0 Å². The van der Waals surface area contributed by atoms with Gasteiger partial charge in [0.25, 0.3) is 0 Å². The molecule has 0 amide bonds. The van der Waals surface area contributed by atoms with E-state index >= 15 is 0 Å². The number of hydrogen-bond donors (Lipinski definition) is 1. The molecule has 0 spiro atoms. The first-order valence-electron chi connectivity index (χ1n) is 7.58. The van der Waals surface area contributed by atoms with Crippen LogP contribution in [0.25, 0.3) is 0 Å². The summed E-state index contributed by atoms with van der Waals surface area (Å²) in [5, 5.41) is 0. The van der Waals surface area contributed by atoms with Crippen LogP contribution in [-0.2, 0) is 4.74 Å². The average molecular weight is 254 g/mol. The Bertz CT molecular complexity index is 280. The van der Waals surface area contributed by atoms with Crippen molar-refractivity contribution in [2.45, 2.75) is 64.5 Å². The van der Waals surface area contributed by atoms with Crippen molar-refractivity contribution in [1.29, 1.82) is 0 Å². The first kappa shape index (κ1) is 14.3. The lowest BCUT2D eigenvalue weighted by atomic mass is 9.67. The lowest BCUT2D eigenvalue weighted by Crippen LogP contribution is -2.63. The van der Waals surface area contributed by atoms with Crippen LogP contribution in [0.5, 0.6) is 0 Å². The Kier molecular flexibility index (Phi) is 4.35. The first-order chi connectivity index (χ1) is 8.53. The number of morpholine rings is 1. The molecular weight excluding hydrogens is 224 g/mol. The van der Waals surface area contributed by atoms with Crippen LogP contribution < -0.4 is 5.73 Å². The average Bonchev–Trinajstić information content (AvgIpc) is 2.37. The van der Waals surface area contributed by atoms with Crippen molar-refractivity contribution < 1.29 is 4.74 Å². The molecule has 0 aromatic rings. The number of nitrogens with two attached hydrogens (primary N) is 1. The molecule has 2 rings (SSSR count). The Morgan fingerprint density at radius 3 is 2.72 bits per heavy atom. The van der Waals surface area contributed by atoms with Crippen LogP contribution in [0.2, 0.25) is 0 Å².